The first-order valence-electron chi connectivity index (χ1n) is 5.03. The quantitative estimate of drug-likeness (QED) is 0.853. The van der Waals surface area contributed by atoms with Crippen LogP contribution in [0.1, 0.15) is 6.42 Å². The second-order valence-electron chi connectivity index (χ2n) is 3.95. The summed E-state index contributed by atoms with van der Waals surface area (Å²) in [5, 5.41) is 2.85. The summed E-state index contributed by atoms with van der Waals surface area (Å²) in [6, 6.07) is 7.07. The van der Waals surface area contributed by atoms with E-state index in [1.807, 2.05) is 6.07 Å². The highest BCUT2D eigenvalue weighted by Gasteiger charge is 2.32. The smallest absolute Gasteiger partial charge is 0.369 e. The van der Waals surface area contributed by atoms with Crippen molar-refractivity contribution in [2.75, 3.05) is 19.4 Å². The van der Waals surface area contributed by atoms with Gasteiger partial charge in [-0.05, 0) is 32.3 Å². The van der Waals surface area contributed by atoms with Gasteiger partial charge in [0.25, 0.3) is 0 Å². The van der Waals surface area contributed by atoms with E-state index in [0.717, 1.165) is 4.47 Å². The Morgan fingerprint density at radius 1 is 1.35 bits per heavy atom. The van der Waals surface area contributed by atoms with E-state index in [1.165, 1.54) is 4.90 Å². The number of halogens is 4. The van der Waals surface area contributed by atoms with E-state index in [1.54, 1.807) is 32.3 Å². The highest BCUT2D eigenvalue weighted by molar-refractivity contribution is 9.10. The normalized spacial score (nSPS) is 13.8. The molecule has 0 radical (unpaired) electrons. The van der Waals surface area contributed by atoms with Crippen LogP contribution in [0.15, 0.2) is 28.7 Å². The van der Waals surface area contributed by atoms with Crippen LogP contribution in [-0.4, -0.2) is 31.3 Å². The molecular weight excluding hydrogens is 297 g/mol. The molecule has 1 aromatic carbocycles. The van der Waals surface area contributed by atoms with E-state index >= 15 is 0 Å². The first-order valence-corrected chi connectivity index (χ1v) is 5.82. The van der Waals surface area contributed by atoms with E-state index in [2.05, 4.69) is 21.2 Å². The van der Waals surface area contributed by atoms with Crippen LogP contribution < -0.4 is 5.32 Å². The summed E-state index contributed by atoms with van der Waals surface area (Å²) < 4.78 is 37.9. The van der Waals surface area contributed by atoms with Crippen LogP contribution in [0.3, 0.4) is 0 Å². The van der Waals surface area contributed by atoms with E-state index in [4.69, 9.17) is 0 Å². The molecule has 0 aromatic heterocycles. The molecule has 0 spiro atoms. The van der Waals surface area contributed by atoms with Crippen LogP contribution in [0.4, 0.5) is 18.9 Å². The lowest BCUT2D eigenvalue weighted by atomic mass is 10.2. The Labute approximate surface area is 107 Å². The standard InChI is InChI=1S/C11H14BrF3N2/c1-17(2)10(7-11(13,14)15)16-9-5-3-4-8(12)6-9/h3-6,10,16H,7H2,1-2H3. The number of nitrogens with one attached hydrogen (secondary N) is 1. The van der Waals surface area contributed by atoms with Gasteiger partial charge in [-0.1, -0.05) is 22.0 Å². The van der Waals surface area contributed by atoms with Crippen LogP contribution in [0, 0.1) is 0 Å². The first kappa shape index (κ1) is 14.3. The molecule has 1 aromatic rings. The van der Waals surface area contributed by atoms with Gasteiger partial charge in [-0.25, -0.2) is 0 Å². The van der Waals surface area contributed by atoms with E-state index in [0.29, 0.717) is 5.69 Å². The summed E-state index contributed by atoms with van der Waals surface area (Å²) in [6.45, 7) is 0. The number of rotatable bonds is 4. The zero-order valence-electron chi connectivity index (χ0n) is 9.55. The van der Waals surface area contributed by atoms with Gasteiger partial charge < -0.3 is 5.32 Å². The van der Waals surface area contributed by atoms with Gasteiger partial charge in [0.2, 0.25) is 0 Å². The van der Waals surface area contributed by atoms with Crippen LogP contribution in [0.2, 0.25) is 0 Å². The number of alkyl halides is 3. The summed E-state index contributed by atoms with van der Waals surface area (Å²) >= 11 is 3.27. The minimum atomic E-state index is -4.19. The van der Waals surface area contributed by atoms with Gasteiger partial charge >= 0.3 is 6.18 Å². The SMILES string of the molecule is CN(C)C(CC(F)(F)F)Nc1cccc(Br)c1. The number of benzene rings is 1. The minimum absolute atomic E-state index is 0.655. The molecule has 0 aliphatic heterocycles. The van der Waals surface area contributed by atoms with Crippen molar-refractivity contribution >= 4 is 21.6 Å². The Morgan fingerprint density at radius 2 is 2.00 bits per heavy atom. The van der Waals surface area contributed by atoms with Crippen molar-refractivity contribution in [2.45, 2.75) is 18.8 Å². The van der Waals surface area contributed by atoms with Gasteiger partial charge in [0, 0.05) is 10.2 Å². The van der Waals surface area contributed by atoms with Gasteiger partial charge in [0.15, 0.2) is 0 Å². The highest BCUT2D eigenvalue weighted by atomic mass is 79.9. The molecule has 0 amide bonds. The molecule has 0 bridgehead atoms. The van der Waals surface area contributed by atoms with Crippen LogP contribution >= 0.6 is 15.9 Å². The van der Waals surface area contributed by atoms with Gasteiger partial charge in [-0.15, -0.1) is 0 Å². The maximum atomic E-state index is 12.4. The van der Waals surface area contributed by atoms with Crippen molar-refractivity contribution in [1.29, 1.82) is 0 Å². The third-order valence-corrected chi connectivity index (χ3v) is 2.70. The van der Waals surface area contributed by atoms with Crippen molar-refractivity contribution < 1.29 is 13.2 Å². The highest BCUT2D eigenvalue weighted by Crippen LogP contribution is 2.25. The molecule has 6 heteroatoms. The molecule has 96 valence electrons. The van der Waals surface area contributed by atoms with E-state index < -0.39 is 18.8 Å². The second kappa shape index (κ2) is 5.73. The largest absolute Gasteiger partial charge is 0.392 e. The summed E-state index contributed by atoms with van der Waals surface area (Å²) in [5.74, 6) is 0. The van der Waals surface area contributed by atoms with Crippen molar-refractivity contribution in [3.05, 3.63) is 28.7 Å². The molecule has 0 saturated carbocycles. The topological polar surface area (TPSA) is 15.3 Å². The predicted octanol–water partition coefficient (Wildman–Crippen LogP) is 3.70. The molecule has 0 heterocycles. The molecule has 1 unspecified atom stereocenters. The lowest BCUT2D eigenvalue weighted by Crippen LogP contribution is -2.39. The van der Waals surface area contributed by atoms with E-state index in [-0.39, 0.29) is 0 Å². The fourth-order valence-corrected chi connectivity index (χ4v) is 1.75. The number of nitrogens with zero attached hydrogens (tertiary/aromatic N) is 1. The van der Waals surface area contributed by atoms with Crippen LogP contribution in [-0.2, 0) is 0 Å². The van der Waals surface area contributed by atoms with Crippen molar-refractivity contribution in [3.8, 4) is 0 Å². The molecule has 17 heavy (non-hydrogen) atoms. The third-order valence-electron chi connectivity index (χ3n) is 2.21. The van der Waals surface area contributed by atoms with Crippen LogP contribution in [0.5, 0.6) is 0 Å². The second-order valence-corrected chi connectivity index (χ2v) is 4.87. The van der Waals surface area contributed by atoms with Crippen LogP contribution in [0.25, 0.3) is 0 Å². The number of hydrogen-bond acceptors (Lipinski definition) is 2. The van der Waals surface area contributed by atoms with Crippen molar-refractivity contribution in [2.24, 2.45) is 0 Å². The zero-order chi connectivity index (χ0) is 13.1. The summed E-state index contributed by atoms with van der Waals surface area (Å²) in [4.78, 5) is 1.51. The predicted molar refractivity (Wildman–Crippen MR) is 65.9 cm³/mol. The Hall–Kier alpha value is -0.750. The third kappa shape index (κ3) is 5.41. The fourth-order valence-electron chi connectivity index (χ4n) is 1.35. The number of hydrogen-bond donors (Lipinski definition) is 1. The first-order chi connectivity index (χ1) is 7.78. The molecule has 1 N–H and O–H groups in total. The lowest BCUT2D eigenvalue weighted by molar-refractivity contribution is -0.143. The van der Waals surface area contributed by atoms with Gasteiger partial charge in [-0.2, -0.15) is 13.2 Å². The number of anilines is 1. The summed E-state index contributed by atoms with van der Waals surface area (Å²) in [7, 11) is 3.22. The molecule has 0 fully saturated rings. The van der Waals surface area contributed by atoms with E-state index in [9.17, 15) is 13.2 Å². The molecule has 0 aliphatic rings. The Morgan fingerprint density at radius 3 is 2.47 bits per heavy atom. The average Bonchev–Trinajstić information content (AvgIpc) is 2.14. The van der Waals surface area contributed by atoms with Gasteiger partial charge in [-0.3, -0.25) is 4.90 Å². The molecule has 0 aliphatic carbocycles. The van der Waals surface area contributed by atoms with Gasteiger partial charge in [0.05, 0.1) is 12.6 Å². The lowest BCUT2D eigenvalue weighted by Gasteiger charge is -2.27. The monoisotopic (exact) mass is 310 g/mol. The summed E-state index contributed by atoms with van der Waals surface area (Å²) in [6.07, 6.45) is -5.86. The molecule has 1 rings (SSSR count). The molecular formula is C11H14BrF3N2. The zero-order valence-corrected chi connectivity index (χ0v) is 11.1. The minimum Gasteiger partial charge on any atom is -0.369 e. The Bertz CT molecular complexity index is 366. The maximum Gasteiger partial charge on any atom is 0.392 e. The van der Waals surface area contributed by atoms with Crippen molar-refractivity contribution in [1.82, 2.24) is 4.90 Å². The summed E-state index contributed by atoms with van der Waals surface area (Å²) in [5.41, 5.74) is 0.655. The maximum absolute atomic E-state index is 12.4. The molecule has 0 saturated heterocycles. The Balaban J connectivity index is 2.74. The fraction of sp³-hybridized carbons (Fsp3) is 0.455. The molecule has 1 atom stereocenters. The van der Waals surface area contributed by atoms with Gasteiger partial charge in [0.1, 0.15) is 0 Å². The Kier molecular flexibility index (Phi) is 4.82. The molecule has 2 nitrogen and oxygen atoms in total. The van der Waals surface area contributed by atoms with Crippen molar-refractivity contribution in [3.63, 3.8) is 0 Å². The average molecular weight is 311 g/mol.